The van der Waals surface area contributed by atoms with Crippen LogP contribution in [0.15, 0.2) is 27.9 Å². The van der Waals surface area contributed by atoms with Gasteiger partial charge in [-0.2, -0.15) is 14.6 Å². The first-order valence-corrected chi connectivity index (χ1v) is 7.38. The molecule has 0 aliphatic carbocycles. The number of hydrazone groups is 1. The van der Waals surface area contributed by atoms with Crippen molar-refractivity contribution in [3.05, 3.63) is 38.5 Å². The van der Waals surface area contributed by atoms with Gasteiger partial charge in [-0.05, 0) is 41.9 Å². The van der Waals surface area contributed by atoms with E-state index >= 15 is 0 Å². The van der Waals surface area contributed by atoms with Crippen LogP contribution in [0.4, 0.5) is 4.39 Å². The average Bonchev–Trinajstić information content (AvgIpc) is 2.96. The van der Waals surface area contributed by atoms with Gasteiger partial charge in [-0.15, -0.1) is 11.3 Å². The molecule has 0 aliphatic rings. The molecule has 2 heterocycles. The Morgan fingerprint density at radius 1 is 1.65 bits per heavy atom. The highest BCUT2D eigenvalue weighted by Crippen LogP contribution is 2.16. The summed E-state index contributed by atoms with van der Waals surface area (Å²) in [5.41, 5.74) is 3.21. The first kappa shape index (κ1) is 14.9. The van der Waals surface area contributed by atoms with E-state index in [9.17, 15) is 9.18 Å². The molecule has 1 amide bonds. The van der Waals surface area contributed by atoms with Crippen LogP contribution in [0.3, 0.4) is 0 Å². The third-order valence-electron chi connectivity index (χ3n) is 2.59. The number of halogens is 2. The number of rotatable bonds is 4. The molecule has 1 N–H and O–H groups in total. The number of amides is 1. The van der Waals surface area contributed by atoms with Gasteiger partial charge in [0.25, 0.3) is 5.91 Å². The Balaban J connectivity index is 1.96. The largest absolute Gasteiger partial charge is 0.271 e. The van der Waals surface area contributed by atoms with Gasteiger partial charge >= 0.3 is 0 Å². The number of aromatic nitrogens is 2. The average molecular weight is 359 g/mol. The second-order valence-electron chi connectivity index (χ2n) is 4.09. The molecule has 0 radical (unpaired) electrons. The van der Waals surface area contributed by atoms with Crippen molar-refractivity contribution < 1.29 is 9.18 Å². The van der Waals surface area contributed by atoms with Crippen LogP contribution in [-0.2, 0) is 4.79 Å². The van der Waals surface area contributed by atoms with Gasteiger partial charge in [-0.1, -0.05) is 0 Å². The third kappa shape index (κ3) is 3.51. The molecule has 0 saturated carbocycles. The fourth-order valence-corrected chi connectivity index (χ4v) is 2.32. The summed E-state index contributed by atoms with van der Waals surface area (Å²) in [7, 11) is 0. The molecular formula is C12H12BrFN4OS. The van der Waals surface area contributed by atoms with Crippen LogP contribution in [0.1, 0.15) is 23.5 Å². The molecule has 1 unspecified atom stereocenters. The lowest BCUT2D eigenvalue weighted by Crippen LogP contribution is -2.27. The van der Waals surface area contributed by atoms with E-state index < -0.39 is 6.04 Å². The first-order valence-electron chi connectivity index (χ1n) is 5.77. The predicted molar refractivity (Wildman–Crippen MR) is 79.4 cm³/mol. The summed E-state index contributed by atoms with van der Waals surface area (Å²) in [6.07, 6.45) is 3.14. The van der Waals surface area contributed by atoms with Crippen molar-refractivity contribution in [2.24, 2.45) is 5.10 Å². The minimum absolute atomic E-state index is 0.289. The van der Waals surface area contributed by atoms with E-state index in [1.165, 1.54) is 12.3 Å². The van der Waals surface area contributed by atoms with E-state index in [4.69, 9.17) is 0 Å². The molecule has 106 valence electrons. The molecule has 1 atom stereocenters. The summed E-state index contributed by atoms with van der Waals surface area (Å²) >= 11 is 4.30. The lowest BCUT2D eigenvalue weighted by Gasteiger charge is -2.09. The Morgan fingerprint density at radius 3 is 2.95 bits per heavy atom. The van der Waals surface area contributed by atoms with E-state index in [-0.39, 0.29) is 11.0 Å². The Morgan fingerprint density at radius 2 is 2.40 bits per heavy atom. The molecule has 0 saturated heterocycles. The lowest BCUT2D eigenvalue weighted by atomic mass is 10.3. The van der Waals surface area contributed by atoms with Crippen LogP contribution in [0.25, 0.3) is 0 Å². The molecule has 0 aromatic carbocycles. The summed E-state index contributed by atoms with van der Waals surface area (Å²) < 4.78 is 15.1. The number of nitrogens with zero attached hydrogens (tertiary/aromatic N) is 3. The zero-order valence-electron chi connectivity index (χ0n) is 10.8. The zero-order valence-corrected chi connectivity index (χ0v) is 13.2. The van der Waals surface area contributed by atoms with E-state index in [1.807, 2.05) is 6.92 Å². The molecular weight excluding hydrogens is 347 g/mol. The zero-order chi connectivity index (χ0) is 14.7. The number of carbonyl (C=O) groups excluding carboxylic acids is 1. The monoisotopic (exact) mass is 358 g/mol. The van der Waals surface area contributed by atoms with Crippen LogP contribution in [0.2, 0.25) is 0 Å². The molecule has 0 bridgehead atoms. The SMILES string of the molecule is Cc1nn(C(C)C(=O)N/N=C/c2ccc(F)s2)cc1Br. The predicted octanol–water partition coefficient (Wildman–Crippen LogP) is 2.87. The molecule has 2 aromatic rings. The van der Waals surface area contributed by atoms with Crippen LogP contribution in [-0.4, -0.2) is 21.9 Å². The Hall–Kier alpha value is -1.54. The van der Waals surface area contributed by atoms with Crippen molar-refractivity contribution in [1.29, 1.82) is 0 Å². The molecule has 2 rings (SSSR count). The normalized spacial score (nSPS) is 12.8. The van der Waals surface area contributed by atoms with Gasteiger partial charge in [0.15, 0.2) is 5.13 Å². The van der Waals surface area contributed by atoms with E-state index in [2.05, 4.69) is 31.6 Å². The Kier molecular flexibility index (Phi) is 4.66. The fraction of sp³-hybridized carbons (Fsp3) is 0.250. The number of hydrogen-bond donors (Lipinski definition) is 1. The van der Waals surface area contributed by atoms with Gasteiger partial charge in [-0.3, -0.25) is 9.48 Å². The smallest absolute Gasteiger partial charge is 0.264 e. The van der Waals surface area contributed by atoms with Crippen molar-refractivity contribution in [3.8, 4) is 0 Å². The maximum Gasteiger partial charge on any atom is 0.264 e. The number of aryl methyl sites for hydroxylation is 1. The summed E-state index contributed by atoms with van der Waals surface area (Å²) in [5.74, 6) is -0.298. The van der Waals surface area contributed by atoms with E-state index in [0.717, 1.165) is 21.5 Å². The Bertz CT molecular complexity index is 632. The maximum atomic E-state index is 12.8. The van der Waals surface area contributed by atoms with Crippen LogP contribution in [0.5, 0.6) is 0 Å². The van der Waals surface area contributed by atoms with Gasteiger partial charge in [0.2, 0.25) is 0 Å². The van der Waals surface area contributed by atoms with Gasteiger partial charge in [-0.25, -0.2) is 5.43 Å². The van der Waals surface area contributed by atoms with Crippen molar-refractivity contribution >= 4 is 39.4 Å². The number of hydrogen-bond acceptors (Lipinski definition) is 4. The Labute approximate surface area is 127 Å². The van der Waals surface area contributed by atoms with E-state index in [0.29, 0.717) is 4.88 Å². The molecule has 0 aliphatic heterocycles. The summed E-state index contributed by atoms with van der Waals surface area (Å²) in [4.78, 5) is 12.5. The molecule has 5 nitrogen and oxygen atoms in total. The minimum atomic E-state index is -0.489. The highest BCUT2D eigenvalue weighted by atomic mass is 79.9. The molecule has 0 spiro atoms. The molecule has 20 heavy (non-hydrogen) atoms. The van der Waals surface area contributed by atoms with Crippen molar-refractivity contribution in [2.75, 3.05) is 0 Å². The molecule has 8 heteroatoms. The van der Waals surface area contributed by atoms with Gasteiger partial charge in [0, 0.05) is 6.20 Å². The van der Waals surface area contributed by atoms with Crippen molar-refractivity contribution in [2.45, 2.75) is 19.9 Å². The van der Waals surface area contributed by atoms with E-state index in [1.54, 1.807) is 23.9 Å². The number of nitrogens with one attached hydrogen (secondary N) is 1. The topological polar surface area (TPSA) is 59.3 Å². The summed E-state index contributed by atoms with van der Waals surface area (Å²) in [5, 5.41) is 7.72. The van der Waals surface area contributed by atoms with Gasteiger partial charge in [0.05, 0.1) is 21.3 Å². The van der Waals surface area contributed by atoms with Crippen LogP contribution in [0, 0.1) is 12.1 Å². The highest BCUT2D eigenvalue weighted by Gasteiger charge is 2.16. The number of carbonyl (C=O) groups is 1. The van der Waals surface area contributed by atoms with Crippen LogP contribution >= 0.6 is 27.3 Å². The maximum absolute atomic E-state index is 12.8. The fourth-order valence-electron chi connectivity index (χ4n) is 1.43. The summed E-state index contributed by atoms with van der Waals surface area (Å²) in [6, 6.07) is 2.45. The second kappa shape index (κ2) is 6.27. The summed E-state index contributed by atoms with van der Waals surface area (Å²) in [6.45, 7) is 3.56. The lowest BCUT2D eigenvalue weighted by molar-refractivity contribution is -0.124. The highest BCUT2D eigenvalue weighted by molar-refractivity contribution is 9.10. The first-order chi connectivity index (χ1) is 9.47. The molecule has 2 aromatic heterocycles. The minimum Gasteiger partial charge on any atom is -0.271 e. The van der Waals surface area contributed by atoms with Crippen LogP contribution < -0.4 is 5.43 Å². The van der Waals surface area contributed by atoms with Gasteiger partial charge in [0.1, 0.15) is 6.04 Å². The van der Waals surface area contributed by atoms with Crippen molar-refractivity contribution in [3.63, 3.8) is 0 Å². The standard InChI is InChI=1S/C12H12BrFN4OS/c1-7-10(13)6-18(17-7)8(2)12(19)16-15-5-9-3-4-11(14)20-9/h3-6,8H,1-2H3,(H,16,19)/b15-5+. The molecule has 0 fully saturated rings. The second-order valence-corrected chi connectivity index (χ2v) is 6.01. The van der Waals surface area contributed by atoms with Crippen molar-refractivity contribution in [1.82, 2.24) is 15.2 Å². The van der Waals surface area contributed by atoms with Gasteiger partial charge < -0.3 is 0 Å². The third-order valence-corrected chi connectivity index (χ3v) is 4.18. The number of thiophene rings is 1. The quantitative estimate of drug-likeness (QED) is 0.674.